The van der Waals surface area contributed by atoms with Crippen LogP contribution in [0.25, 0.3) is 16.5 Å². The van der Waals surface area contributed by atoms with E-state index in [2.05, 4.69) is 29.3 Å². The van der Waals surface area contributed by atoms with E-state index in [1.54, 1.807) is 0 Å². The first-order valence-corrected chi connectivity index (χ1v) is 9.08. The Kier molecular flexibility index (Phi) is 4.13. The van der Waals surface area contributed by atoms with Gasteiger partial charge >= 0.3 is 6.03 Å². The van der Waals surface area contributed by atoms with Gasteiger partial charge in [0.15, 0.2) is 4.80 Å². The number of hydrogen-bond acceptors (Lipinski definition) is 2. The number of hydrogen-bond donors (Lipinski definition) is 0. The zero-order valence-corrected chi connectivity index (χ0v) is 14.7. The number of urea groups is 1. The minimum Gasteiger partial charge on any atom is -0.320 e. The SMILES string of the molecule is Cc1cn(-c2ccc3ccccc3c2)/c(=N/C(=O)N2CC[C@@H](F)C2)s1. The zero-order chi connectivity index (χ0) is 17.4. The van der Waals surface area contributed by atoms with Crippen molar-refractivity contribution in [2.75, 3.05) is 13.1 Å². The van der Waals surface area contributed by atoms with Crippen molar-refractivity contribution >= 4 is 28.1 Å². The average molecular weight is 355 g/mol. The summed E-state index contributed by atoms with van der Waals surface area (Å²) in [6, 6.07) is 13.9. The van der Waals surface area contributed by atoms with Gasteiger partial charge in [-0.15, -0.1) is 11.3 Å². The van der Waals surface area contributed by atoms with E-state index in [4.69, 9.17) is 0 Å². The lowest BCUT2D eigenvalue weighted by Crippen LogP contribution is -2.28. The third-order valence-electron chi connectivity index (χ3n) is 4.37. The molecule has 0 bridgehead atoms. The first-order chi connectivity index (χ1) is 12.1. The molecule has 1 aromatic heterocycles. The molecule has 25 heavy (non-hydrogen) atoms. The number of carbonyl (C=O) groups excluding carboxylic acids is 1. The molecular weight excluding hydrogens is 337 g/mol. The van der Waals surface area contributed by atoms with Crippen LogP contribution in [0.1, 0.15) is 11.3 Å². The highest BCUT2D eigenvalue weighted by Gasteiger charge is 2.25. The quantitative estimate of drug-likeness (QED) is 0.648. The Balaban J connectivity index is 1.75. The van der Waals surface area contributed by atoms with Crippen LogP contribution in [0, 0.1) is 6.92 Å². The van der Waals surface area contributed by atoms with Gasteiger partial charge in [-0.2, -0.15) is 4.99 Å². The number of benzene rings is 2. The van der Waals surface area contributed by atoms with Crippen molar-refractivity contribution < 1.29 is 9.18 Å². The molecule has 1 fully saturated rings. The molecule has 0 aliphatic carbocycles. The van der Waals surface area contributed by atoms with Gasteiger partial charge in [0, 0.05) is 23.3 Å². The number of thiazole rings is 1. The van der Waals surface area contributed by atoms with E-state index in [1.165, 1.54) is 21.6 Å². The van der Waals surface area contributed by atoms with Gasteiger partial charge in [0.05, 0.1) is 6.54 Å². The molecule has 1 atom stereocenters. The van der Waals surface area contributed by atoms with Gasteiger partial charge in [-0.3, -0.25) is 4.57 Å². The Bertz CT molecular complexity index is 1010. The molecule has 2 heterocycles. The van der Waals surface area contributed by atoms with Crippen molar-refractivity contribution in [3.8, 4) is 5.69 Å². The Labute approximate surface area is 148 Å². The number of nitrogens with zero attached hydrogens (tertiary/aromatic N) is 3. The fraction of sp³-hybridized carbons (Fsp3) is 0.263. The number of amides is 2. The number of alkyl halides is 1. The largest absolute Gasteiger partial charge is 0.346 e. The first kappa shape index (κ1) is 16.0. The highest BCUT2D eigenvalue weighted by atomic mass is 32.1. The summed E-state index contributed by atoms with van der Waals surface area (Å²) in [5.74, 6) is 0. The first-order valence-electron chi connectivity index (χ1n) is 8.26. The molecular formula is C19H18FN3OS. The highest BCUT2D eigenvalue weighted by Crippen LogP contribution is 2.19. The van der Waals surface area contributed by atoms with Gasteiger partial charge in [0.1, 0.15) is 6.17 Å². The van der Waals surface area contributed by atoms with Crippen LogP contribution in [-0.2, 0) is 0 Å². The van der Waals surface area contributed by atoms with E-state index in [0.717, 1.165) is 16.0 Å². The van der Waals surface area contributed by atoms with E-state index in [-0.39, 0.29) is 12.6 Å². The minimum absolute atomic E-state index is 0.142. The maximum atomic E-state index is 13.3. The van der Waals surface area contributed by atoms with Crippen LogP contribution in [0.15, 0.2) is 53.7 Å². The van der Waals surface area contributed by atoms with Gasteiger partial charge in [0.25, 0.3) is 0 Å². The summed E-state index contributed by atoms with van der Waals surface area (Å²) in [5.41, 5.74) is 0.958. The number of rotatable bonds is 1. The molecule has 0 spiro atoms. The molecule has 4 nitrogen and oxygen atoms in total. The molecule has 1 saturated heterocycles. The van der Waals surface area contributed by atoms with Crippen molar-refractivity contribution in [2.24, 2.45) is 4.99 Å². The second-order valence-corrected chi connectivity index (χ2v) is 7.47. The van der Waals surface area contributed by atoms with E-state index in [0.29, 0.717) is 17.8 Å². The van der Waals surface area contributed by atoms with Crippen LogP contribution in [-0.4, -0.2) is 34.8 Å². The molecule has 0 saturated carbocycles. The van der Waals surface area contributed by atoms with Gasteiger partial charge < -0.3 is 4.90 Å². The van der Waals surface area contributed by atoms with Gasteiger partial charge in [0.2, 0.25) is 0 Å². The lowest BCUT2D eigenvalue weighted by Gasteiger charge is -2.11. The van der Waals surface area contributed by atoms with E-state index >= 15 is 0 Å². The number of aryl methyl sites for hydroxylation is 1. The zero-order valence-electron chi connectivity index (χ0n) is 13.9. The summed E-state index contributed by atoms with van der Waals surface area (Å²) in [6.45, 7) is 2.56. The lowest BCUT2D eigenvalue weighted by atomic mass is 10.1. The Morgan fingerprint density at radius 3 is 2.80 bits per heavy atom. The second kappa shape index (κ2) is 6.44. The molecule has 6 heteroatoms. The number of likely N-dealkylation sites (tertiary alicyclic amines) is 1. The monoisotopic (exact) mass is 355 g/mol. The second-order valence-electron chi connectivity index (χ2n) is 6.25. The van der Waals surface area contributed by atoms with Gasteiger partial charge in [-0.25, -0.2) is 9.18 Å². The smallest absolute Gasteiger partial charge is 0.320 e. The minimum atomic E-state index is -0.933. The fourth-order valence-corrected chi connectivity index (χ4v) is 3.91. The van der Waals surface area contributed by atoms with Crippen LogP contribution < -0.4 is 4.80 Å². The Hall–Kier alpha value is -2.47. The standard InChI is InChI=1S/C19H18FN3OS/c1-13-11-23(17-7-6-14-4-2-3-5-15(14)10-17)19(25-13)21-18(24)22-9-8-16(20)12-22/h2-7,10-11,16H,8-9,12H2,1H3/b21-19-/t16-/m1/s1. The summed E-state index contributed by atoms with van der Waals surface area (Å²) >= 11 is 1.46. The van der Waals surface area contributed by atoms with Crippen LogP contribution in [0.5, 0.6) is 0 Å². The molecule has 1 aliphatic rings. The van der Waals surface area contributed by atoms with Crippen LogP contribution in [0.4, 0.5) is 9.18 Å². The molecule has 0 N–H and O–H groups in total. The number of fused-ring (bicyclic) bond motifs is 1. The summed E-state index contributed by atoms with van der Waals surface area (Å²) in [5, 5.41) is 2.30. The number of aromatic nitrogens is 1. The Morgan fingerprint density at radius 1 is 1.24 bits per heavy atom. The maximum absolute atomic E-state index is 13.3. The average Bonchev–Trinajstić information content (AvgIpc) is 3.20. The normalized spacial score (nSPS) is 18.2. The van der Waals surface area contributed by atoms with E-state index in [9.17, 15) is 9.18 Å². The third-order valence-corrected chi connectivity index (χ3v) is 5.27. The summed E-state index contributed by atoms with van der Waals surface area (Å²) < 4.78 is 15.3. The van der Waals surface area contributed by atoms with Crippen LogP contribution >= 0.6 is 11.3 Å². The molecule has 2 aromatic carbocycles. The highest BCUT2D eigenvalue weighted by molar-refractivity contribution is 7.09. The summed E-state index contributed by atoms with van der Waals surface area (Å²) in [7, 11) is 0. The van der Waals surface area contributed by atoms with Crippen molar-refractivity contribution in [3.63, 3.8) is 0 Å². The molecule has 1 aliphatic heterocycles. The molecule has 2 amide bonds. The summed E-state index contributed by atoms with van der Waals surface area (Å²) in [6.07, 6.45) is 1.44. The van der Waals surface area contributed by atoms with Crippen molar-refractivity contribution in [3.05, 3.63) is 58.3 Å². The number of carbonyl (C=O) groups is 1. The van der Waals surface area contributed by atoms with Crippen molar-refractivity contribution in [2.45, 2.75) is 19.5 Å². The number of halogens is 1. The third kappa shape index (κ3) is 3.22. The predicted molar refractivity (Wildman–Crippen MR) is 97.9 cm³/mol. The van der Waals surface area contributed by atoms with Crippen molar-refractivity contribution in [1.82, 2.24) is 9.47 Å². The fourth-order valence-electron chi connectivity index (χ4n) is 3.09. The predicted octanol–water partition coefficient (Wildman–Crippen LogP) is 4.06. The van der Waals surface area contributed by atoms with Gasteiger partial charge in [-0.1, -0.05) is 30.3 Å². The van der Waals surface area contributed by atoms with Crippen LogP contribution in [0.2, 0.25) is 0 Å². The molecule has 3 aromatic rings. The molecule has 128 valence electrons. The molecule has 0 unspecified atom stereocenters. The van der Waals surface area contributed by atoms with E-state index < -0.39 is 6.17 Å². The molecule has 0 radical (unpaired) electrons. The van der Waals surface area contributed by atoms with E-state index in [1.807, 2.05) is 35.9 Å². The van der Waals surface area contributed by atoms with Crippen LogP contribution in [0.3, 0.4) is 0 Å². The lowest BCUT2D eigenvalue weighted by molar-refractivity contribution is 0.213. The molecule has 4 rings (SSSR count). The topological polar surface area (TPSA) is 37.6 Å². The maximum Gasteiger partial charge on any atom is 0.346 e. The van der Waals surface area contributed by atoms with Gasteiger partial charge in [-0.05, 0) is 36.2 Å². The summed E-state index contributed by atoms with van der Waals surface area (Å²) in [4.78, 5) is 19.8. The Morgan fingerprint density at radius 2 is 2.04 bits per heavy atom. The van der Waals surface area contributed by atoms with Crippen molar-refractivity contribution in [1.29, 1.82) is 0 Å².